The number of nitrogens with one attached hydrogen (secondary N) is 1. The minimum atomic E-state index is -0.931. The van der Waals surface area contributed by atoms with Crippen LogP contribution in [0.25, 0.3) is 0 Å². The standard InChI is InChI=1S/C15H20N2O3/c1-10(8-16-2)14(18)17-6-5-11-3-4-12(15(19)20)7-13(11)9-17/h3-4,7,10,16H,5-6,8-9H2,1-2H3,(H,19,20). The molecule has 1 aromatic rings. The molecule has 2 N–H and O–H groups in total. The van der Waals surface area contributed by atoms with Crippen molar-refractivity contribution in [3.63, 3.8) is 0 Å². The Morgan fingerprint density at radius 3 is 2.80 bits per heavy atom. The van der Waals surface area contributed by atoms with Crippen molar-refractivity contribution in [2.75, 3.05) is 20.1 Å². The highest BCUT2D eigenvalue weighted by Crippen LogP contribution is 2.21. The van der Waals surface area contributed by atoms with Gasteiger partial charge < -0.3 is 15.3 Å². The van der Waals surface area contributed by atoms with Crippen molar-refractivity contribution in [1.29, 1.82) is 0 Å². The van der Waals surface area contributed by atoms with Crippen molar-refractivity contribution in [3.05, 3.63) is 34.9 Å². The second-order valence-electron chi connectivity index (χ2n) is 5.26. The van der Waals surface area contributed by atoms with E-state index in [1.165, 1.54) is 0 Å². The molecule has 1 aromatic carbocycles. The van der Waals surface area contributed by atoms with E-state index in [-0.39, 0.29) is 17.4 Å². The van der Waals surface area contributed by atoms with Gasteiger partial charge in [-0.25, -0.2) is 4.79 Å². The Bertz CT molecular complexity index is 528. The number of benzene rings is 1. The highest BCUT2D eigenvalue weighted by molar-refractivity contribution is 5.88. The van der Waals surface area contributed by atoms with Crippen LogP contribution in [0.4, 0.5) is 0 Å². The summed E-state index contributed by atoms with van der Waals surface area (Å²) in [6, 6.07) is 5.17. The average Bonchev–Trinajstić information content (AvgIpc) is 2.45. The maximum Gasteiger partial charge on any atom is 0.335 e. The van der Waals surface area contributed by atoms with Crippen LogP contribution in [0.1, 0.15) is 28.4 Å². The summed E-state index contributed by atoms with van der Waals surface area (Å²) in [5.74, 6) is -0.880. The van der Waals surface area contributed by atoms with Gasteiger partial charge in [0.1, 0.15) is 0 Å². The number of carboxylic acid groups (broad SMARTS) is 1. The zero-order valence-corrected chi connectivity index (χ0v) is 11.8. The molecule has 0 saturated heterocycles. The molecule has 1 aliphatic rings. The van der Waals surface area contributed by atoms with Crippen LogP contribution in [0.2, 0.25) is 0 Å². The molecule has 5 nitrogen and oxygen atoms in total. The zero-order valence-electron chi connectivity index (χ0n) is 11.8. The normalized spacial score (nSPS) is 15.6. The van der Waals surface area contributed by atoms with Crippen LogP contribution in [-0.4, -0.2) is 42.0 Å². The summed E-state index contributed by atoms with van der Waals surface area (Å²) in [6.07, 6.45) is 0.785. The van der Waals surface area contributed by atoms with Crippen molar-refractivity contribution in [3.8, 4) is 0 Å². The quantitative estimate of drug-likeness (QED) is 0.865. The van der Waals surface area contributed by atoms with Gasteiger partial charge in [-0.15, -0.1) is 0 Å². The molecule has 0 fully saturated rings. The zero-order chi connectivity index (χ0) is 14.7. The molecule has 1 heterocycles. The van der Waals surface area contributed by atoms with Crippen LogP contribution in [0.15, 0.2) is 18.2 Å². The number of amides is 1. The van der Waals surface area contributed by atoms with E-state index >= 15 is 0 Å². The van der Waals surface area contributed by atoms with Gasteiger partial charge in [0.25, 0.3) is 0 Å². The molecule has 0 aliphatic carbocycles. The maximum absolute atomic E-state index is 12.3. The van der Waals surface area contributed by atoms with E-state index in [4.69, 9.17) is 5.11 Å². The molecular formula is C15H20N2O3. The largest absolute Gasteiger partial charge is 0.478 e. The number of rotatable bonds is 4. The second kappa shape index (κ2) is 6.05. The highest BCUT2D eigenvalue weighted by Gasteiger charge is 2.24. The van der Waals surface area contributed by atoms with Crippen LogP contribution in [0.5, 0.6) is 0 Å². The first-order valence-corrected chi connectivity index (χ1v) is 6.81. The maximum atomic E-state index is 12.3. The molecule has 0 radical (unpaired) electrons. The van der Waals surface area contributed by atoms with E-state index in [9.17, 15) is 9.59 Å². The van der Waals surface area contributed by atoms with Crippen LogP contribution >= 0.6 is 0 Å². The number of hydrogen-bond donors (Lipinski definition) is 2. The van der Waals surface area contributed by atoms with Gasteiger partial charge in [-0.05, 0) is 36.7 Å². The summed E-state index contributed by atoms with van der Waals surface area (Å²) in [6.45, 7) is 3.76. The number of hydrogen-bond acceptors (Lipinski definition) is 3. The van der Waals surface area contributed by atoms with E-state index < -0.39 is 5.97 Å². The number of carbonyl (C=O) groups excluding carboxylic acids is 1. The Labute approximate surface area is 118 Å². The monoisotopic (exact) mass is 276 g/mol. The molecule has 0 aromatic heterocycles. The Kier molecular flexibility index (Phi) is 4.39. The van der Waals surface area contributed by atoms with Crippen molar-refractivity contribution in [1.82, 2.24) is 10.2 Å². The third-order valence-electron chi connectivity index (χ3n) is 3.71. The first kappa shape index (κ1) is 14.5. The summed E-state index contributed by atoms with van der Waals surface area (Å²) < 4.78 is 0. The molecule has 1 unspecified atom stereocenters. The Hall–Kier alpha value is -1.88. The van der Waals surface area contributed by atoms with E-state index in [0.29, 0.717) is 19.6 Å². The van der Waals surface area contributed by atoms with E-state index in [1.54, 1.807) is 12.1 Å². The fourth-order valence-corrected chi connectivity index (χ4v) is 2.58. The Balaban J connectivity index is 2.15. The van der Waals surface area contributed by atoms with E-state index in [1.807, 2.05) is 24.9 Å². The molecule has 0 spiro atoms. The molecule has 1 atom stereocenters. The van der Waals surface area contributed by atoms with Crippen molar-refractivity contribution in [2.45, 2.75) is 19.9 Å². The lowest BCUT2D eigenvalue weighted by Gasteiger charge is -2.31. The molecule has 20 heavy (non-hydrogen) atoms. The average molecular weight is 276 g/mol. The van der Waals surface area contributed by atoms with E-state index in [0.717, 1.165) is 17.5 Å². The molecule has 0 bridgehead atoms. The molecule has 108 valence electrons. The SMILES string of the molecule is CNCC(C)C(=O)N1CCc2ccc(C(=O)O)cc2C1. The summed E-state index contributed by atoms with van der Waals surface area (Å²) in [7, 11) is 1.83. The number of fused-ring (bicyclic) bond motifs is 1. The van der Waals surface area contributed by atoms with Crippen LogP contribution in [-0.2, 0) is 17.8 Å². The topological polar surface area (TPSA) is 69.6 Å². The van der Waals surface area contributed by atoms with Crippen molar-refractivity contribution >= 4 is 11.9 Å². The Morgan fingerprint density at radius 2 is 2.15 bits per heavy atom. The van der Waals surface area contributed by atoms with Gasteiger partial charge in [0, 0.05) is 25.6 Å². The van der Waals surface area contributed by atoms with Crippen molar-refractivity contribution < 1.29 is 14.7 Å². The molecule has 5 heteroatoms. The molecular weight excluding hydrogens is 256 g/mol. The predicted octanol–water partition coefficient (Wildman–Crippen LogP) is 1.12. The first-order chi connectivity index (χ1) is 9.52. The van der Waals surface area contributed by atoms with Gasteiger partial charge in [0.15, 0.2) is 0 Å². The van der Waals surface area contributed by atoms with Gasteiger partial charge in [-0.3, -0.25) is 4.79 Å². The fourth-order valence-electron chi connectivity index (χ4n) is 2.58. The third-order valence-corrected chi connectivity index (χ3v) is 3.71. The van der Waals surface area contributed by atoms with Crippen LogP contribution in [0.3, 0.4) is 0 Å². The lowest BCUT2D eigenvalue weighted by Crippen LogP contribution is -2.41. The molecule has 1 aliphatic heterocycles. The van der Waals surface area contributed by atoms with E-state index in [2.05, 4.69) is 5.32 Å². The summed E-state index contributed by atoms with van der Waals surface area (Å²) in [4.78, 5) is 25.1. The summed E-state index contributed by atoms with van der Waals surface area (Å²) >= 11 is 0. The molecule has 2 rings (SSSR count). The second-order valence-corrected chi connectivity index (χ2v) is 5.26. The molecule has 1 amide bonds. The smallest absolute Gasteiger partial charge is 0.335 e. The lowest BCUT2D eigenvalue weighted by molar-refractivity contribution is -0.135. The summed E-state index contributed by atoms with van der Waals surface area (Å²) in [5.41, 5.74) is 2.36. The van der Waals surface area contributed by atoms with Gasteiger partial charge >= 0.3 is 5.97 Å². The number of aromatic carboxylic acids is 1. The molecule has 0 saturated carbocycles. The first-order valence-electron chi connectivity index (χ1n) is 6.81. The third kappa shape index (κ3) is 2.99. The summed E-state index contributed by atoms with van der Waals surface area (Å²) in [5, 5.41) is 12.0. The van der Waals surface area contributed by atoms with Gasteiger partial charge in [0.05, 0.1) is 5.56 Å². The van der Waals surface area contributed by atoms with Gasteiger partial charge in [-0.1, -0.05) is 13.0 Å². The van der Waals surface area contributed by atoms with Gasteiger partial charge in [-0.2, -0.15) is 0 Å². The van der Waals surface area contributed by atoms with Crippen LogP contribution in [0, 0.1) is 5.92 Å². The van der Waals surface area contributed by atoms with Gasteiger partial charge in [0.2, 0.25) is 5.91 Å². The highest BCUT2D eigenvalue weighted by atomic mass is 16.4. The van der Waals surface area contributed by atoms with Crippen LogP contribution < -0.4 is 5.32 Å². The number of carboxylic acids is 1. The fraction of sp³-hybridized carbons (Fsp3) is 0.467. The number of carbonyl (C=O) groups is 2. The minimum Gasteiger partial charge on any atom is -0.478 e. The minimum absolute atomic E-state index is 0.0655. The van der Waals surface area contributed by atoms with Crippen molar-refractivity contribution in [2.24, 2.45) is 5.92 Å². The Morgan fingerprint density at radius 1 is 1.40 bits per heavy atom. The predicted molar refractivity (Wildman–Crippen MR) is 75.6 cm³/mol. The number of nitrogens with zero attached hydrogens (tertiary/aromatic N) is 1. The lowest BCUT2D eigenvalue weighted by atomic mass is 9.96.